The molecule has 7 nitrogen and oxygen atoms in total. The van der Waals surface area contributed by atoms with Crippen molar-refractivity contribution in [3.8, 4) is 11.5 Å². The summed E-state index contributed by atoms with van der Waals surface area (Å²) >= 11 is 0. The fourth-order valence-corrected chi connectivity index (χ4v) is 2.55. The molecule has 7 heteroatoms. The smallest absolute Gasteiger partial charge is 0.254 e. The van der Waals surface area contributed by atoms with Crippen molar-refractivity contribution in [2.24, 2.45) is 0 Å². The van der Waals surface area contributed by atoms with E-state index < -0.39 is 0 Å². The average Bonchev–Trinajstić information content (AvgIpc) is 3.02. The van der Waals surface area contributed by atoms with Crippen molar-refractivity contribution in [3.63, 3.8) is 0 Å². The van der Waals surface area contributed by atoms with Gasteiger partial charge in [-0.1, -0.05) is 0 Å². The maximum Gasteiger partial charge on any atom is 0.254 e. The molecule has 1 saturated heterocycles. The van der Waals surface area contributed by atoms with Gasteiger partial charge in [-0.15, -0.1) is 0 Å². The fourth-order valence-electron chi connectivity index (χ4n) is 2.55. The summed E-state index contributed by atoms with van der Waals surface area (Å²) in [7, 11) is 0. The first-order chi connectivity index (χ1) is 11.2. The first kappa shape index (κ1) is 15.3. The topological polar surface area (TPSA) is 69.5 Å². The molecule has 1 aromatic carbocycles. The Labute approximate surface area is 134 Å². The highest BCUT2D eigenvalue weighted by Crippen LogP contribution is 2.30. The monoisotopic (exact) mass is 316 g/mol. The molecule has 122 valence electrons. The van der Waals surface area contributed by atoms with Gasteiger partial charge in [-0.3, -0.25) is 4.79 Å². The number of likely N-dealkylation sites (tertiary alicyclic amines) is 1. The maximum absolute atomic E-state index is 12.5. The van der Waals surface area contributed by atoms with Gasteiger partial charge in [-0.25, -0.2) is 0 Å². The summed E-state index contributed by atoms with van der Waals surface area (Å²) in [6, 6.07) is 5.46. The number of ether oxygens (including phenoxy) is 2. The Kier molecular flexibility index (Phi) is 4.45. The van der Waals surface area contributed by atoms with Crippen LogP contribution in [0.3, 0.4) is 0 Å². The van der Waals surface area contributed by atoms with Crippen LogP contribution in [0.4, 0.5) is 0 Å². The van der Waals surface area contributed by atoms with Crippen molar-refractivity contribution >= 4 is 5.91 Å². The Balaban J connectivity index is 1.69. The zero-order valence-corrected chi connectivity index (χ0v) is 13.3. The minimum atomic E-state index is -0.0163. The third-order valence-electron chi connectivity index (χ3n) is 3.70. The molecule has 0 atom stereocenters. The van der Waals surface area contributed by atoms with Gasteiger partial charge in [-0.05, 0) is 32.0 Å². The summed E-state index contributed by atoms with van der Waals surface area (Å²) in [5, 5.41) is 8.21. The van der Waals surface area contributed by atoms with E-state index in [9.17, 15) is 4.79 Å². The van der Waals surface area contributed by atoms with Crippen molar-refractivity contribution in [1.82, 2.24) is 19.9 Å². The quantitative estimate of drug-likeness (QED) is 0.812. The molecule has 0 spiro atoms. The third-order valence-corrected chi connectivity index (χ3v) is 3.70. The number of rotatable bonds is 6. The number of hydrogen-bond acceptors (Lipinski definition) is 5. The fraction of sp³-hybridized carbons (Fsp3) is 0.438. The molecule has 1 aliphatic rings. The zero-order chi connectivity index (χ0) is 16.2. The molecule has 3 rings (SSSR count). The number of carbonyl (C=O) groups excluding carboxylic acids is 1. The largest absolute Gasteiger partial charge is 0.490 e. The van der Waals surface area contributed by atoms with Crippen molar-refractivity contribution in [3.05, 3.63) is 36.2 Å². The van der Waals surface area contributed by atoms with Crippen LogP contribution in [0.2, 0.25) is 0 Å². The number of carbonyl (C=O) groups is 1. The molecule has 0 saturated carbocycles. The van der Waals surface area contributed by atoms with Crippen LogP contribution in [-0.4, -0.2) is 52.1 Å². The van der Waals surface area contributed by atoms with Gasteiger partial charge in [0.05, 0.1) is 25.6 Å². The van der Waals surface area contributed by atoms with E-state index in [0.29, 0.717) is 43.4 Å². The summed E-state index contributed by atoms with van der Waals surface area (Å²) in [5.41, 5.74) is 0.601. The molecule has 0 unspecified atom stereocenters. The standard InChI is InChI=1S/C16H20N4O3/c1-3-22-14-6-5-12(9-15(14)23-4-2)16(21)19-10-13(11-19)20-17-7-8-18-20/h5-9,13H,3-4,10-11H2,1-2H3. The molecule has 1 fully saturated rings. The molecule has 1 aromatic heterocycles. The van der Waals surface area contributed by atoms with Gasteiger partial charge < -0.3 is 14.4 Å². The third kappa shape index (κ3) is 3.13. The SMILES string of the molecule is CCOc1ccc(C(=O)N2CC(n3nccn3)C2)cc1OCC. The molecule has 0 radical (unpaired) electrons. The van der Waals surface area contributed by atoms with Gasteiger partial charge in [0.1, 0.15) is 6.04 Å². The van der Waals surface area contributed by atoms with Gasteiger partial charge in [0.15, 0.2) is 11.5 Å². The first-order valence-corrected chi connectivity index (χ1v) is 7.77. The van der Waals surface area contributed by atoms with Crippen LogP contribution in [-0.2, 0) is 0 Å². The Morgan fingerprint density at radius 2 is 1.78 bits per heavy atom. The minimum Gasteiger partial charge on any atom is -0.490 e. The number of nitrogens with zero attached hydrogens (tertiary/aromatic N) is 4. The van der Waals surface area contributed by atoms with E-state index in [1.807, 2.05) is 13.8 Å². The summed E-state index contributed by atoms with van der Waals surface area (Å²) < 4.78 is 11.1. The lowest BCUT2D eigenvalue weighted by Crippen LogP contribution is -2.51. The Morgan fingerprint density at radius 3 is 2.43 bits per heavy atom. The molecule has 1 amide bonds. The average molecular weight is 316 g/mol. The molecule has 2 heterocycles. The van der Waals surface area contributed by atoms with Crippen LogP contribution in [0.5, 0.6) is 11.5 Å². The van der Waals surface area contributed by atoms with E-state index in [1.165, 1.54) is 0 Å². The highest BCUT2D eigenvalue weighted by Gasteiger charge is 2.33. The molecule has 1 aliphatic heterocycles. The van der Waals surface area contributed by atoms with Gasteiger partial charge in [0.25, 0.3) is 5.91 Å². The van der Waals surface area contributed by atoms with E-state index in [2.05, 4.69) is 10.2 Å². The van der Waals surface area contributed by atoms with Crippen LogP contribution in [0.15, 0.2) is 30.6 Å². The van der Waals surface area contributed by atoms with E-state index in [-0.39, 0.29) is 11.9 Å². The number of amides is 1. The van der Waals surface area contributed by atoms with E-state index in [1.54, 1.807) is 40.3 Å². The van der Waals surface area contributed by atoms with E-state index in [4.69, 9.17) is 9.47 Å². The van der Waals surface area contributed by atoms with Crippen molar-refractivity contribution in [2.45, 2.75) is 19.9 Å². The maximum atomic E-state index is 12.5. The zero-order valence-electron chi connectivity index (χ0n) is 13.3. The molecular weight excluding hydrogens is 296 g/mol. The predicted octanol–water partition coefficient (Wildman–Crippen LogP) is 1.77. The minimum absolute atomic E-state index is 0.0163. The molecule has 0 N–H and O–H groups in total. The lowest BCUT2D eigenvalue weighted by Gasteiger charge is -2.38. The Morgan fingerprint density at radius 1 is 1.13 bits per heavy atom. The Bertz CT molecular complexity index is 666. The summed E-state index contributed by atoms with van der Waals surface area (Å²) in [6.07, 6.45) is 3.29. The lowest BCUT2D eigenvalue weighted by atomic mass is 10.1. The highest BCUT2D eigenvalue weighted by atomic mass is 16.5. The van der Waals surface area contributed by atoms with Crippen LogP contribution in [0.1, 0.15) is 30.2 Å². The second-order valence-electron chi connectivity index (χ2n) is 5.24. The molecular formula is C16H20N4O3. The van der Waals surface area contributed by atoms with Crippen LogP contribution in [0, 0.1) is 0 Å². The van der Waals surface area contributed by atoms with Crippen molar-refractivity contribution in [2.75, 3.05) is 26.3 Å². The predicted molar refractivity (Wildman–Crippen MR) is 83.7 cm³/mol. The Hall–Kier alpha value is -2.57. The lowest BCUT2D eigenvalue weighted by molar-refractivity contribution is 0.0476. The molecule has 23 heavy (non-hydrogen) atoms. The number of hydrogen-bond donors (Lipinski definition) is 0. The molecule has 0 aliphatic carbocycles. The number of benzene rings is 1. The van der Waals surface area contributed by atoms with Gasteiger partial charge in [-0.2, -0.15) is 15.0 Å². The summed E-state index contributed by atoms with van der Waals surface area (Å²) in [5.74, 6) is 1.25. The molecule has 2 aromatic rings. The van der Waals surface area contributed by atoms with Crippen LogP contribution < -0.4 is 9.47 Å². The molecule has 0 bridgehead atoms. The van der Waals surface area contributed by atoms with Gasteiger partial charge >= 0.3 is 0 Å². The van der Waals surface area contributed by atoms with Crippen molar-refractivity contribution in [1.29, 1.82) is 0 Å². The first-order valence-electron chi connectivity index (χ1n) is 7.77. The highest BCUT2D eigenvalue weighted by molar-refractivity contribution is 5.95. The second kappa shape index (κ2) is 6.68. The van der Waals surface area contributed by atoms with Crippen molar-refractivity contribution < 1.29 is 14.3 Å². The summed E-state index contributed by atoms with van der Waals surface area (Å²) in [6.45, 7) is 6.13. The van der Waals surface area contributed by atoms with Crippen LogP contribution >= 0.6 is 0 Å². The normalized spacial score (nSPS) is 14.4. The van der Waals surface area contributed by atoms with Crippen LogP contribution in [0.25, 0.3) is 0 Å². The second-order valence-corrected chi connectivity index (χ2v) is 5.24. The van der Waals surface area contributed by atoms with Gasteiger partial charge in [0.2, 0.25) is 0 Å². The van der Waals surface area contributed by atoms with Gasteiger partial charge in [0, 0.05) is 18.7 Å². The van der Waals surface area contributed by atoms with E-state index in [0.717, 1.165) is 0 Å². The summed E-state index contributed by atoms with van der Waals surface area (Å²) in [4.78, 5) is 16.0. The van der Waals surface area contributed by atoms with E-state index >= 15 is 0 Å². The number of aromatic nitrogens is 3.